The summed E-state index contributed by atoms with van der Waals surface area (Å²) in [4.78, 5) is 0.233. The highest BCUT2D eigenvalue weighted by Gasteiger charge is 2.25. The topological polar surface area (TPSA) is 72.2 Å². The number of hydrogen-bond donors (Lipinski definition) is 2. The molecule has 0 spiro atoms. The Morgan fingerprint density at radius 3 is 2.67 bits per heavy atom. The van der Waals surface area contributed by atoms with Crippen LogP contribution in [0.15, 0.2) is 17.0 Å². The van der Waals surface area contributed by atoms with E-state index in [4.69, 9.17) is 17.3 Å². The number of hydrogen-bond acceptors (Lipinski definition) is 3. The zero-order valence-electron chi connectivity index (χ0n) is 10.2. The number of rotatable bonds is 5. The van der Waals surface area contributed by atoms with E-state index in [1.807, 2.05) is 0 Å². The van der Waals surface area contributed by atoms with E-state index in [0.717, 1.165) is 18.4 Å². The smallest absolute Gasteiger partial charge is 0.240 e. The Morgan fingerprint density at radius 2 is 2.11 bits per heavy atom. The van der Waals surface area contributed by atoms with Crippen molar-refractivity contribution in [1.29, 1.82) is 0 Å². The molecule has 0 amide bonds. The van der Waals surface area contributed by atoms with Gasteiger partial charge in [-0.1, -0.05) is 11.6 Å². The van der Waals surface area contributed by atoms with E-state index in [1.165, 1.54) is 6.07 Å². The Hall–Kier alpha value is -0.620. The van der Waals surface area contributed by atoms with Crippen LogP contribution in [0, 0.1) is 12.8 Å². The fraction of sp³-hybridized carbons (Fsp3) is 0.500. The highest BCUT2D eigenvalue weighted by molar-refractivity contribution is 7.89. The zero-order valence-corrected chi connectivity index (χ0v) is 11.8. The minimum atomic E-state index is -3.49. The molecule has 1 saturated carbocycles. The van der Waals surface area contributed by atoms with Crippen LogP contribution in [0.1, 0.15) is 24.0 Å². The van der Waals surface area contributed by atoms with Gasteiger partial charge in [0.05, 0.1) is 4.90 Å². The van der Waals surface area contributed by atoms with Crippen molar-refractivity contribution in [3.63, 3.8) is 0 Å². The van der Waals surface area contributed by atoms with Crippen LogP contribution in [0.2, 0.25) is 5.02 Å². The molecule has 0 aromatic heterocycles. The van der Waals surface area contributed by atoms with Crippen LogP contribution in [-0.4, -0.2) is 15.0 Å². The molecule has 1 fully saturated rings. The van der Waals surface area contributed by atoms with Gasteiger partial charge in [-0.2, -0.15) is 0 Å². The standard InChI is InChI=1S/C12H17ClN2O2S/c1-8-10(6-14)4-11(13)5-12(8)18(16,17)15-7-9-2-3-9/h4-5,9,15H,2-3,6-7,14H2,1H3. The molecule has 2 rings (SSSR count). The minimum Gasteiger partial charge on any atom is -0.326 e. The van der Waals surface area contributed by atoms with Gasteiger partial charge >= 0.3 is 0 Å². The maximum Gasteiger partial charge on any atom is 0.240 e. The van der Waals surface area contributed by atoms with Crippen LogP contribution < -0.4 is 10.5 Å². The van der Waals surface area contributed by atoms with Crippen LogP contribution in [0.5, 0.6) is 0 Å². The van der Waals surface area contributed by atoms with Crippen LogP contribution in [0.25, 0.3) is 0 Å². The fourth-order valence-electron chi connectivity index (χ4n) is 1.83. The first-order chi connectivity index (χ1) is 8.44. The molecule has 0 atom stereocenters. The molecule has 0 saturated heterocycles. The molecule has 1 aromatic carbocycles. The van der Waals surface area contributed by atoms with Gasteiger partial charge in [-0.25, -0.2) is 13.1 Å². The van der Waals surface area contributed by atoms with Gasteiger partial charge in [-0.15, -0.1) is 0 Å². The number of nitrogens with two attached hydrogens (primary N) is 1. The van der Waals surface area contributed by atoms with Crippen molar-refractivity contribution in [1.82, 2.24) is 4.72 Å². The maximum atomic E-state index is 12.2. The van der Waals surface area contributed by atoms with Gasteiger partial charge in [0.1, 0.15) is 0 Å². The summed E-state index contributed by atoms with van der Waals surface area (Å²) in [6.07, 6.45) is 2.20. The number of halogens is 1. The summed E-state index contributed by atoms with van der Waals surface area (Å²) >= 11 is 5.93. The molecular formula is C12H17ClN2O2S. The lowest BCUT2D eigenvalue weighted by atomic mass is 10.1. The summed E-state index contributed by atoms with van der Waals surface area (Å²) in [6.45, 7) is 2.54. The van der Waals surface area contributed by atoms with Gasteiger partial charge in [0.15, 0.2) is 0 Å². The molecule has 0 heterocycles. The van der Waals surface area contributed by atoms with E-state index in [9.17, 15) is 8.42 Å². The predicted octanol–water partition coefficient (Wildman–Crippen LogP) is 1.80. The highest BCUT2D eigenvalue weighted by Crippen LogP contribution is 2.29. The maximum absolute atomic E-state index is 12.2. The van der Waals surface area contributed by atoms with E-state index in [2.05, 4.69) is 4.72 Å². The summed E-state index contributed by atoms with van der Waals surface area (Å²) < 4.78 is 27.0. The SMILES string of the molecule is Cc1c(CN)cc(Cl)cc1S(=O)(=O)NCC1CC1. The largest absolute Gasteiger partial charge is 0.326 e. The summed E-state index contributed by atoms with van der Waals surface area (Å²) in [5.41, 5.74) is 7.02. The van der Waals surface area contributed by atoms with Gasteiger partial charge in [0.2, 0.25) is 10.0 Å². The van der Waals surface area contributed by atoms with E-state index in [-0.39, 0.29) is 11.4 Å². The normalized spacial score (nSPS) is 15.9. The third kappa shape index (κ3) is 3.03. The van der Waals surface area contributed by atoms with E-state index < -0.39 is 10.0 Å². The Morgan fingerprint density at radius 1 is 1.44 bits per heavy atom. The molecule has 0 aliphatic heterocycles. The summed E-state index contributed by atoms with van der Waals surface area (Å²) in [7, 11) is -3.49. The molecule has 4 nitrogen and oxygen atoms in total. The first kappa shape index (κ1) is 13.8. The Labute approximate surface area is 113 Å². The minimum absolute atomic E-state index is 0.233. The van der Waals surface area contributed by atoms with Crippen molar-refractivity contribution in [2.75, 3.05) is 6.54 Å². The first-order valence-electron chi connectivity index (χ1n) is 5.93. The van der Waals surface area contributed by atoms with Crippen molar-refractivity contribution >= 4 is 21.6 Å². The molecule has 1 aliphatic rings. The number of nitrogens with one attached hydrogen (secondary N) is 1. The number of sulfonamides is 1. The quantitative estimate of drug-likeness (QED) is 0.868. The zero-order chi connectivity index (χ0) is 13.3. The second-order valence-electron chi connectivity index (χ2n) is 4.69. The molecule has 6 heteroatoms. The van der Waals surface area contributed by atoms with Gasteiger partial charge < -0.3 is 5.73 Å². The van der Waals surface area contributed by atoms with E-state index in [0.29, 0.717) is 23.0 Å². The first-order valence-corrected chi connectivity index (χ1v) is 7.79. The lowest BCUT2D eigenvalue weighted by Gasteiger charge is -2.12. The van der Waals surface area contributed by atoms with Crippen molar-refractivity contribution < 1.29 is 8.42 Å². The molecule has 100 valence electrons. The molecule has 3 N–H and O–H groups in total. The fourth-order valence-corrected chi connectivity index (χ4v) is 3.56. The molecule has 1 aliphatic carbocycles. The van der Waals surface area contributed by atoms with Crippen LogP contribution in [0.3, 0.4) is 0 Å². The van der Waals surface area contributed by atoms with Gasteiger partial charge in [0, 0.05) is 18.1 Å². The summed E-state index contributed by atoms with van der Waals surface area (Å²) in [5.74, 6) is 0.494. The number of benzene rings is 1. The van der Waals surface area contributed by atoms with Crippen LogP contribution in [0.4, 0.5) is 0 Å². The summed E-state index contributed by atoms with van der Waals surface area (Å²) in [5, 5.41) is 0.396. The van der Waals surface area contributed by atoms with E-state index >= 15 is 0 Å². The third-order valence-electron chi connectivity index (χ3n) is 3.20. The van der Waals surface area contributed by atoms with Crippen molar-refractivity contribution in [2.45, 2.75) is 31.2 Å². The van der Waals surface area contributed by atoms with E-state index in [1.54, 1.807) is 13.0 Å². The average Bonchev–Trinajstić information content (AvgIpc) is 3.13. The molecule has 0 radical (unpaired) electrons. The molecular weight excluding hydrogens is 272 g/mol. The average molecular weight is 289 g/mol. The van der Waals surface area contributed by atoms with Gasteiger partial charge in [-0.3, -0.25) is 0 Å². The molecule has 18 heavy (non-hydrogen) atoms. The van der Waals surface area contributed by atoms with Gasteiger partial charge in [-0.05, 0) is 48.9 Å². The molecule has 0 bridgehead atoms. The predicted molar refractivity (Wildman–Crippen MR) is 72.0 cm³/mol. The second kappa shape index (κ2) is 5.17. The lowest BCUT2D eigenvalue weighted by molar-refractivity contribution is 0.576. The monoisotopic (exact) mass is 288 g/mol. The molecule has 1 aromatic rings. The lowest BCUT2D eigenvalue weighted by Crippen LogP contribution is -2.27. The van der Waals surface area contributed by atoms with Gasteiger partial charge in [0.25, 0.3) is 0 Å². The van der Waals surface area contributed by atoms with Crippen LogP contribution >= 0.6 is 11.6 Å². The van der Waals surface area contributed by atoms with Crippen molar-refractivity contribution in [2.24, 2.45) is 11.7 Å². The Bertz CT molecular complexity index is 553. The molecule has 0 unspecified atom stereocenters. The third-order valence-corrected chi connectivity index (χ3v) is 4.97. The summed E-state index contributed by atoms with van der Waals surface area (Å²) in [6, 6.07) is 3.18. The van der Waals surface area contributed by atoms with Crippen LogP contribution in [-0.2, 0) is 16.6 Å². The Kier molecular flexibility index (Phi) is 3.96. The van der Waals surface area contributed by atoms with Crippen molar-refractivity contribution in [3.05, 3.63) is 28.3 Å². The van der Waals surface area contributed by atoms with Crippen molar-refractivity contribution in [3.8, 4) is 0 Å². The Balaban J connectivity index is 2.32. The highest BCUT2D eigenvalue weighted by atomic mass is 35.5. The second-order valence-corrected chi connectivity index (χ2v) is 6.86.